The third kappa shape index (κ3) is 4.17. The fourth-order valence-electron chi connectivity index (χ4n) is 4.65. The van der Waals surface area contributed by atoms with Gasteiger partial charge >= 0.3 is 0 Å². The van der Waals surface area contributed by atoms with Crippen molar-refractivity contribution in [1.82, 2.24) is 15.5 Å². The molecule has 0 unspecified atom stereocenters. The summed E-state index contributed by atoms with van der Waals surface area (Å²) < 4.78 is 5.21. The molecule has 1 fully saturated rings. The Bertz CT molecular complexity index is 880. The van der Waals surface area contributed by atoms with Gasteiger partial charge in [0, 0.05) is 45.6 Å². The third-order valence-corrected chi connectivity index (χ3v) is 6.75. The molecule has 1 saturated heterocycles. The van der Waals surface area contributed by atoms with Crippen LogP contribution in [0.4, 0.5) is 0 Å². The summed E-state index contributed by atoms with van der Waals surface area (Å²) in [4.78, 5) is 15.9. The lowest BCUT2D eigenvalue weighted by Gasteiger charge is -2.42. The van der Waals surface area contributed by atoms with E-state index in [0.717, 1.165) is 44.6 Å². The van der Waals surface area contributed by atoms with Gasteiger partial charge in [-0.25, -0.2) is 0 Å². The second-order valence-corrected chi connectivity index (χ2v) is 8.80. The number of benzene rings is 2. The summed E-state index contributed by atoms with van der Waals surface area (Å²) in [5, 5.41) is 7.55. The molecule has 0 atom stereocenters. The zero-order chi connectivity index (χ0) is 21.1. The smallest absolute Gasteiger partial charge is 0.241 e. The van der Waals surface area contributed by atoms with Crippen LogP contribution in [-0.2, 0) is 24.1 Å². The number of hydrogen-bond donors (Lipinski definition) is 2. The number of piperazine rings is 1. The molecule has 1 aliphatic carbocycles. The summed E-state index contributed by atoms with van der Waals surface area (Å²) in [6, 6.07) is 12.1. The number of nitrogens with zero attached hydrogens (tertiary/aromatic N) is 1. The van der Waals surface area contributed by atoms with Crippen molar-refractivity contribution in [3.8, 4) is 5.75 Å². The summed E-state index contributed by atoms with van der Waals surface area (Å²) in [5.74, 6) is 0.582. The molecule has 0 radical (unpaired) electrons. The first kappa shape index (κ1) is 21.4. The van der Waals surface area contributed by atoms with Crippen LogP contribution in [0.1, 0.15) is 16.7 Å². The minimum Gasteiger partial charge on any atom is -0.494 e. The van der Waals surface area contributed by atoms with Crippen LogP contribution < -0.4 is 15.4 Å². The molecular weight excluding hydrogens is 421 g/mol. The SMILES string of the molecule is COc1c(Cl)cc(CCNC(=O)C2(N3CCNCC3)Cc3ccccc3C2)cc1Cl. The minimum atomic E-state index is -0.513. The van der Waals surface area contributed by atoms with Crippen molar-refractivity contribution in [1.29, 1.82) is 0 Å². The van der Waals surface area contributed by atoms with Crippen LogP contribution in [0, 0.1) is 0 Å². The van der Waals surface area contributed by atoms with Gasteiger partial charge in [-0.15, -0.1) is 0 Å². The number of fused-ring (bicyclic) bond motifs is 1. The van der Waals surface area contributed by atoms with Crippen molar-refractivity contribution < 1.29 is 9.53 Å². The van der Waals surface area contributed by atoms with Gasteiger partial charge < -0.3 is 15.4 Å². The van der Waals surface area contributed by atoms with E-state index in [0.29, 0.717) is 28.8 Å². The lowest BCUT2D eigenvalue weighted by molar-refractivity contribution is -0.133. The number of carbonyl (C=O) groups excluding carboxylic acids is 1. The van der Waals surface area contributed by atoms with Crippen LogP contribution >= 0.6 is 23.2 Å². The largest absolute Gasteiger partial charge is 0.494 e. The third-order valence-electron chi connectivity index (χ3n) is 6.19. The van der Waals surface area contributed by atoms with E-state index in [-0.39, 0.29) is 5.91 Å². The molecular formula is C23H27Cl2N3O2. The number of amides is 1. The van der Waals surface area contributed by atoms with Crippen molar-refractivity contribution >= 4 is 29.1 Å². The zero-order valence-electron chi connectivity index (χ0n) is 17.1. The van der Waals surface area contributed by atoms with Gasteiger partial charge in [0.25, 0.3) is 0 Å². The molecule has 7 heteroatoms. The molecule has 2 aliphatic rings. The predicted molar refractivity (Wildman–Crippen MR) is 121 cm³/mol. The van der Waals surface area contributed by atoms with E-state index in [1.807, 2.05) is 12.1 Å². The molecule has 0 spiro atoms. The fourth-order valence-corrected chi connectivity index (χ4v) is 5.34. The van der Waals surface area contributed by atoms with Gasteiger partial charge in [0.1, 0.15) is 5.54 Å². The van der Waals surface area contributed by atoms with Crippen LogP contribution in [0.25, 0.3) is 0 Å². The predicted octanol–water partition coefficient (Wildman–Crippen LogP) is 3.10. The Morgan fingerprint density at radius 2 is 1.73 bits per heavy atom. The maximum absolute atomic E-state index is 13.5. The average Bonchev–Trinajstić information content (AvgIpc) is 3.15. The zero-order valence-corrected chi connectivity index (χ0v) is 18.7. The monoisotopic (exact) mass is 447 g/mol. The van der Waals surface area contributed by atoms with Crippen LogP contribution in [-0.4, -0.2) is 56.2 Å². The van der Waals surface area contributed by atoms with Gasteiger partial charge in [-0.1, -0.05) is 47.5 Å². The molecule has 2 N–H and O–H groups in total. The number of ether oxygens (including phenoxy) is 1. The molecule has 0 saturated carbocycles. The lowest BCUT2D eigenvalue weighted by atomic mass is 9.91. The molecule has 2 aromatic rings. The van der Waals surface area contributed by atoms with Gasteiger partial charge in [-0.2, -0.15) is 0 Å². The van der Waals surface area contributed by atoms with Crippen molar-refractivity contribution in [3.63, 3.8) is 0 Å². The Morgan fingerprint density at radius 1 is 1.13 bits per heavy atom. The second-order valence-electron chi connectivity index (χ2n) is 7.99. The van der Waals surface area contributed by atoms with Gasteiger partial charge in [0.2, 0.25) is 5.91 Å². The summed E-state index contributed by atoms with van der Waals surface area (Å²) in [6.45, 7) is 4.11. The number of carbonyl (C=O) groups is 1. The molecule has 160 valence electrons. The van der Waals surface area contributed by atoms with Gasteiger partial charge in [0.05, 0.1) is 17.2 Å². The van der Waals surface area contributed by atoms with E-state index in [9.17, 15) is 4.79 Å². The highest BCUT2D eigenvalue weighted by molar-refractivity contribution is 6.37. The number of halogens is 2. The molecule has 1 amide bonds. The lowest BCUT2D eigenvalue weighted by Crippen LogP contribution is -2.64. The summed E-state index contributed by atoms with van der Waals surface area (Å²) >= 11 is 12.5. The Hall–Kier alpha value is -1.79. The Morgan fingerprint density at radius 3 is 2.30 bits per heavy atom. The first-order chi connectivity index (χ1) is 14.5. The first-order valence-electron chi connectivity index (χ1n) is 10.4. The van der Waals surface area contributed by atoms with Crippen LogP contribution in [0.3, 0.4) is 0 Å². The summed E-state index contributed by atoms with van der Waals surface area (Å²) in [6.07, 6.45) is 2.17. The van der Waals surface area contributed by atoms with Crippen LogP contribution in [0.15, 0.2) is 36.4 Å². The maximum atomic E-state index is 13.5. The molecule has 30 heavy (non-hydrogen) atoms. The van der Waals surface area contributed by atoms with E-state index >= 15 is 0 Å². The van der Waals surface area contributed by atoms with Gasteiger partial charge in [-0.3, -0.25) is 9.69 Å². The van der Waals surface area contributed by atoms with Gasteiger partial charge in [-0.05, 0) is 35.2 Å². The average molecular weight is 448 g/mol. The van der Waals surface area contributed by atoms with Gasteiger partial charge in [0.15, 0.2) is 5.75 Å². The van der Waals surface area contributed by atoms with E-state index in [4.69, 9.17) is 27.9 Å². The molecule has 0 aromatic heterocycles. The maximum Gasteiger partial charge on any atom is 0.241 e. The van der Waals surface area contributed by atoms with Crippen molar-refractivity contribution in [2.45, 2.75) is 24.8 Å². The molecule has 0 bridgehead atoms. The molecule has 5 nitrogen and oxygen atoms in total. The minimum absolute atomic E-state index is 0.103. The highest BCUT2D eigenvalue weighted by Gasteiger charge is 2.48. The number of methoxy groups -OCH3 is 1. The highest BCUT2D eigenvalue weighted by Crippen LogP contribution is 2.36. The molecule has 1 heterocycles. The van der Waals surface area contributed by atoms with Crippen molar-refractivity contribution in [3.05, 3.63) is 63.1 Å². The van der Waals surface area contributed by atoms with E-state index < -0.39 is 5.54 Å². The summed E-state index contributed by atoms with van der Waals surface area (Å²) in [5.41, 5.74) is 3.01. The first-order valence-corrected chi connectivity index (χ1v) is 11.1. The number of hydrogen-bond acceptors (Lipinski definition) is 4. The standard InChI is InChI=1S/C23H27Cl2N3O2/c1-30-21-19(24)12-16(13-20(21)25)6-7-27-22(29)23(28-10-8-26-9-11-28)14-17-4-2-3-5-18(17)15-23/h2-5,12-13,26H,6-11,14-15H2,1H3,(H,27,29). The highest BCUT2D eigenvalue weighted by atomic mass is 35.5. The Kier molecular flexibility index (Phi) is 6.54. The molecule has 2 aromatic carbocycles. The van der Waals surface area contributed by atoms with E-state index in [2.05, 4.69) is 39.8 Å². The summed E-state index contributed by atoms with van der Waals surface area (Å²) in [7, 11) is 1.54. The van der Waals surface area contributed by atoms with E-state index in [1.165, 1.54) is 11.1 Å². The topological polar surface area (TPSA) is 53.6 Å². The molecule has 1 aliphatic heterocycles. The Labute approximate surface area is 187 Å². The van der Waals surface area contributed by atoms with Crippen LogP contribution in [0.2, 0.25) is 10.0 Å². The molecule has 4 rings (SSSR count). The van der Waals surface area contributed by atoms with Crippen molar-refractivity contribution in [2.24, 2.45) is 0 Å². The number of nitrogens with one attached hydrogen (secondary N) is 2. The van der Waals surface area contributed by atoms with Crippen molar-refractivity contribution in [2.75, 3.05) is 39.8 Å². The normalized spacial score (nSPS) is 18.1. The second kappa shape index (κ2) is 9.15. The Balaban J connectivity index is 1.47. The quantitative estimate of drug-likeness (QED) is 0.714. The van der Waals surface area contributed by atoms with E-state index in [1.54, 1.807) is 7.11 Å². The number of rotatable bonds is 6. The fraction of sp³-hybridized carbons (Fsp3) is 0.435. The van der Waals surface area contributed by atoms with Crippen LogP contribution in [0.5, 0.6) is 5.75 Å².